The highest BCUT2D eigenvalue weighted by atomic mass is 16.5. The SMILES string of the molecule is COC(=O)c1cc(C#N)c(C)c(OC)c1. The fraction of sp³-hybridized carbons (Fsp3) is 0.273. The Morgan fingerprint density at radius 2 is 2.07 bits per heavy atom. The van der Waals surface area contributed by atoms with Crippen LogP contribution in [0.5, 0.6) is 5.75 Å². The first-order valence-electron chi connectivity index (χ1n) is 4.31. The highest BCUT2D eigenvalue weighted by Crippen LogP contribution is 2.23. The lowest BCUT2D eigenvalue weighted by Gasteiger charge is -2.08. The van der Waals surface area contributed by atoms with Crippen molar-refractivity contribution in [2.45, 2.75) is 6.92 Å². The average Bonchev–Trinajstić information content (AvgIpc) is 2.28. The van der Waals surface area contributed by atoms with Gasteiger partial charge in [0.15, 0.2) is 0 Å². The van der Waals surface area contributed by atoms with Gasteiger partial charge in [-0.2, -0.15) is 5.26 Å². The van der Waals surface area contributed by atoms with Crippen LogP contribution in [0.25, 0.3) is 0 Å². The second kappa shape index (κ2) is 4.47. The molecule has 0 aliphatic carbocycles. The molecule has 0 bridgehead atoms. The number of nitriles is 1. The molecule has 0 atom stereocenters. The Bertz CT molecular complexity index is 432. The molecule has 0 N–H and O–H groups in total. The minimum absolute atomic E-state index is 0.316. The molecular formula is C11H11NO3. The molecule has 0 aliphatic heterocycles. The van der Waals surface area contributed by atoms with E-state index in [1.54, 1.807) is 13.0 Å². The van der Waals surface area contributed by atoms with Gasteiger partial charge >= 0.3 is 5.97 Å². The van der Waals surface area contributed by atoms with Crippen LogP contribution in [-0.4, -0.2) is 20.2 Å². The first kappa shape index (κ1) is 11.1. The molecule has 1 aromatic rings. The number of methoxy groups -OCH3 is 2. The maximum Gasteiger partial charge on any atom is 0.338 e. The fourth-order valence-electron chi connectivity index (χ4n) is 1.25. The molecule has 0 heterocycles. The Hall–Kier alpha value is -2.02. The van der Waals surface area contributed by atoms with Crippen molar-refractivity contribution in [2.75, 3.05) is 14.2 Å². The van der Waals surface area contributed by atoms with Crippen molar-refractivity contribution >= 4 is 5.97 Å². The summed E-state index contributed by atoms with van der Waals surface area (Å²) in [5.74, 6) is 0.0271. The molecule has 78 valence electrons. The van der Waals surface area contributed by atoms with Crippen LogP contribution < -0.4 is 4.74 Å². The predicted molar refractivity (Wildman–Crippen MR) is 53.8 cm³/mol. The summed E-state index contributed by atoms with van der Waals surface area (Å²) in [5, 5.41) is 8.86. The quantitative estimate of drug-likeness (QED) is 0.689. The van der Waals surface area contributed by atoms with Crippen molar-refractivity contribution in [3.05, 3.63) is 28.8 Å². The third kappa shape index (κ3) is 2.08. The first-order valence-corrected chi connectivity index (χ1v) is 4.31. The summed E-state index contributed by atoms with van der Waals surface area (Å²) in [5.41, 5.74) is 1.44. The van der Waals surface area contributed by atoms with Gasteiger partial charge in [-0.05, 0) is 19.1 Å². The molecule has 0 aliphatic rings. The van der Waals surface area contributed by atoms with Crippen LogP contribution in [0, 0.1) is 18.3 Å². The molecule has 4 nitrogen and oxygen atoms in total. The molecule has 0 aromatic heterocycles. The van der Waals surface area contributed by atoms with Gasteiger partial charge in [0.25, 0.3) is 0 Å². The summed E-state index contributed by atoms with van der Waals surface area (Å²) in [6, 6.07) is 5.05. The lowest BCUT2D eigenvalue weighted by atomic mass is 10.0. The number of nitrogens with zero attached hydrogens (tertiary/aromatic N) is 1. The maximum absolute atomic E-state index is 11.3. The van der Waals surface area contributed by atoms with Crippen LogP contribution >= 0.6 is 0 Å². The van der Waals surface area contributed by atoms with E-state index in [0.717, 1.165) is 0 Å². The van der Waals surface area contributed by atoms with E-state index in [1.165, 1.54) is 20.3 Å². The molecule has 4 heteroatoms. The van der Waals surface area contributed by atoms with Gasteiger partial charge in [-0.15, -0.1) is 0 Å². The Morgan fingerprint density at radius 1 is 1.40 bits per heavy atom. The van der Waals surface area contributed by atoms with Crippen LogP contribution in [0.4, 0.5) is 0 Å². The van der Waals surface area contributed by atoms with E-state index in [0.29, 0.717) is 22.4 Å². The summed E-state index contributed by atoms with van der Waals surface area (Å²) in [6.07, 6.45) is 0. The Balaban J connectivity index is 3.34. The van der Waals surface area contributed by atoms with Crippen molar-refractivity contribution in [1.29, 1.82) is 5.26 Å². The van der Waals surface area contributed by atoms with E-state index in [1.807, 2.05) is 6.07 Å². The molecule has 1 aromatic carbocycles. The standard InChI is InChI=1S/C11H11NO3/c1-7-9(6-12)4-8(11(13)15-3)5-10(7)14-2/h4-5H,1-3H3. The van der Waals surface area contributed by atoms with Gasteiger partial charge in [-0.1, -0.05) is 0 Å². The maximum atomic E-state index is 11.3. The summed E-state index contributed by atoms with van der Waals surface area (Å²) in [6.45, 7) is 1.76. The topological polar surface area (TPSA) is 59.3 Å². The monoisotopic (exact) mass is 205 g/mol. The van der Waals surface area contributed by atoms with E-state index in [-0.39, 0.29) is 0 Å². The average molecular weight is 205 g/mol. The first-order chi connectivity index (χ1) is 7.13. The predicted octanol–water partition coefficient (Wildman–Crippen LogP) is 1.66. The number of ether oxygens (including phenoxy) is 2. The van der Waals surface area contributed by atoms with Gasteiger partial charge in [0.2, 0.25) is 0 Å². The number of carbonyl (C=O) groups is 1. The van der Waals surface area contributed by atoms with Gasteiger partial charge in [0.05, 0.1) is 31.4 Å². The van der Waals surface area contributed by atoms with E-state index < -0.39 is 5.97 Å². The van der Waals surface area contributed by atoms with Crippen molar-refractivity contribution in [1.82, 2.24) is 0 Å². The lowest BCUT2D eigenvalue weighted by molar-refractivity contribution is 0.0600. The highest BCUT2D eigenvalue weighted by molar-refractivity contribution is 5.90. The third-order valence-electron chi connectivity index (χ3n) is 2.12. The molecular weight excluding hydrogens is 194 g/mol. The van der Waals surface area contributed by atoms with Gasteiger partial charge in [-0.25, -0.2) is 4.79 Å². The zero-order chi connectivity index (χ0) is 11.4. The smallest absolute Gasteiger partial charge is 0.338 e. The zero-order valence-electron chi connectivity index (χ0n) is 8.83. The van der Waals surface area contributed by atoms with Gasteiger partial charge in [0, 0.05) is 5.56 Å². The van der Waals surface area contributed by atoms with E-state index >= 15 is 0 Å². The molecule has 0 fully saturated rings. The lowest BCUT2D eigenvalue weighted by Crippen LogP contribution is -2.03. The Labute approximate surface area is 88.0 Å². The zero-order valence-corrected chi connectivity index (χ0v) is 8.83. The van der Waals surface area contributed by atoms with Crippen LogP contribution in [0.1, 0.15) is 21.5 Å². The number of hydrogen-bond acceptors (Lipinski definition) is 4. The van der Waals surface area contributed by atoms with E-state index in [9.17, 15) is 4.79 Å². The fourth-order valence-corrected chi connectivity index (χ4v) is 1.25. The van der Waals surface area contributed by atoms with Crippen molar-refractivity contribution < 1.29 is 14.3 Å². The van der Waals surface area contributed by atoms with Crippen LogP contribution in [0.3, 0.4) is 0 Å². The summed E-state index contributed by atoms with van der Waals surface area (Å²) < 4.78 is 9.64. The summed E-state index contributed by atoms with van der Waals surface area (Å²) in [7, 11) is 2.78. The van der Waals surface area contributed by atoms with Crippen molar-refractivity contribution in [3.63, 3.8) is 0 Å². The molecule has 0 spiro atoms. The van der Waals surface area contributed by atoms with E-state index in [4.69, 9.17) is 10.00 Å². The number of carbonyl (C=O) groups excluding carboxylic acids is 1. The van der Waals surface area contributed by atoms with Crippen molar-refractivity contribution in [2.24, 2.45) is 0 Å². The minimum Gasteiger partial charge on any atom is -0.496 e. The van der Waals surface area contributed by atoms with Gasteiger partial charge in [-0.3, -0.25) is 0 Å². The second-order valence-corrected chi connectivity index (χ2v) is 2.95. The van der Waals surface area contributed by atoms with Gasteiger partial charge < -0.3 is 9.47 Å². The minimum atomic E-state index is -0.482. The third-order valence-corrected chi connectivity index (χ3v) is 2.12. The second-order valence-electron chi connectivity index (χ2n) is 2.95. The van der Waals surface area contributed by atoms with Gasteiger partial charge in [0.1, 0.15) is 5.75 Å². The Morgan fingerprint density at radius 3 is 2.53 bits per heavy atom. The molecule has 0 radical (unpaired) electrons. The molecule has 0 amide bonds. The molecule has 1 rings (SSSR count). The number of hydrogen-bond donors (Lipinski definition) is 0. The number of esters is 1. The largest absolute Gasteiger partial charge is 0.496 e. The van der Waals surface area contributed by atoms with Crippen molar-refractivity contribution in [3.8, 4) is 11.8 Å². The van der Waals surface area contributed by atoms with Crippen LogP contribution in [-0.2, 0) is 4.74 Å². The molecule has 15 heavy (non-hydrogen) atoms. The van der Waals surface area contributed by atoms with Crippen LogP contribution in [0.2, 0.25) is 0 Å². The molecule has 0 unspecified atom stereocenters. The number of benzene rings is 1. The summed E-state index contributed by atoms with van der Waals surface area (Å²) in [4.78, 5) is 11.3. The number of rotatable bonds is 2. The summed E-state index contributed by atoms with van der Waals surface area (Å²) >= 11 is 0. The Kier molecular flexibility index (Phi) is 3.29. The molecule has 0 saturated carbocycles. The van der Waals surface area contributed by atoms with E-state index in [2.05, 4.69) is 4.74 Å². The normalized spacial score (nSPS) is 9.20. The van der Waals surface area contributed by atoms with Crippen LogP contribution in [0.15, 0.2) is 12.1 Å². The molecule has 0 saturated heterocycles. The highest BCUT2D eigenvalue weighted by Gasteiger charge is 2.12.